The molecule has 5 heteroatoms. The van der Waals surface area contributed by atoms with Crippen LogP contribution in [0.5, 0.6) is 5.75 Å². The van der Waals surface area contributed by atoms with Gasteiger partial charge in [0.1, 0.15) is 17.6 Å². The second-order valence-corrected chi connectivity index (χ2v) is 5.10. The topological polar surface area (TPSA) is 47.3 Å². The number of hydrogen-bond acceptors (Lipinski definition) is 3. The third-order valence-corrected chi connectivity index (χ3v) is 3.15. The van der Waals surface area contributed by atoms with Gasteiger partial charge in [-0.15, -0.1) is 0 Å². The maximum Gasteiger partial charge on any atom is 0.163 e. The Morgan fingerprint density at radius 1 is 1.30 bits per heavy atom. The van der Waals surface area contributed by atoms with E-state index >= 15 is 0 Å². The maximum absolute atomic E-state index is 13.5. The van der Waals surface area contributed by atoms with Crippen LogP contribution in [0.25, 0.3) is 0 Å². The van der Waals surface area contributed by atoms with Gasteiger partial charge in [-0.05, 0) is 44.0 Å². The van der Waals surface area contributed by atoms with Crippen molar-refractivity contribution in [2.24, 2.45) is 0 Å². The normalized spacial score (nSPS) is 12.8. The van der Waals surface area contributed by atoms with Crippen LogP contribution in [0.3, 0.4) is 0 Å². The summed E-state index contributed by atoms with van der Waals surface area (Å²) in [5.41, 5.74) is 1.78. The van der Waals surface area contributed by atoms with Crippen LogP contribution in [-0.2, 0) is 0 Å². The molecule has 0 aliphatic carbocycles. The summed E-state index contributed by atoms with van der Waals surface area (Å²) in [5.74, 6) is 0.127. The van der Waals surface area contributed by atoms with Crippen LogP contribution >= 0.6 is 0 Å². The van der Waals surface area contributed by atoms with E-state index < -0.39 is 6.10 Å². The average Bonchev–Trinajstić information content (AvgIpc) is 2.80. The molecule has 1 atom stereocenters. The molecular weight excluding hydrogens is 259 g/mol. The van der Waals surface area contributed by atoms with Gasteiger partial charge in [-0.1, -0.05) is 6.07 Å². The molecule has 4 nitrogen and oxygen atoms in total. The van der Waals surface area contributed by atoms with E-state index in [0.717, 1.165) is 5.56 Å². The van der Waals surface area contributed by atoms with Crippen LogP contribution in [0.4, 0.5) is 4.39 Å². The monoisotopic (exact) mass is 278 g/mol. The molecular formula is C15H19FN2O2. The lowest BCUT2D eigenvalue weighted by Crippen LogP contribution is -2.13. The van der Waals surface area contributed by atoms with Crippen molar-refractivity contribution >= 4 is 0 Å². The molecule has 108 valence electrons. The molecule has 0 fully saturated rings. The molecule has 0 aliphatic heterocycles. The number of aliphatic hydroxyl groups is 1. The summed E-state index contributed by atoms with van der Waals surface area (Å²) < 4.78 is 20.4. The number of aryl methyl sites for hydroxylation is 1. The van der Waals surface area contributed by atoms with Crippen LogP contribution in [0, 0.1) is 12.7 Å². The number of benzene rings is 1. The molecule has 0 radical (unpaired) electrons. The Morgan fingerprint density at radius 2 is 2.00 bits per heavy atom. The highest BCUT2D eigenvalue weighted by Crippen LogP contribution is 2.32. The minimum atomic E-state index is -0.982. The molecule has 0 aliphatic rings. The van der Waals surface area contributed by atoms with Crippen molar-refractivity contribution in [3.63, 3.8) is 0 Å². The van der Waals surface area contributed by atoms with Crippen molar-refractivity contribution in [1.82, 2.24) is 9.78 Å². The summed E-state index contributed by atoms with van der Waals surface area (Å²) in [5, 5.41) is 14.8. The van der Waals surface area contributed by atoms with Gasteiger partial charge in [0.05, 0.1) is 13.3 Å². The summed E-state index contributed by atoms with van der Waals surface area (Å²) >= 11 is 0. The number of methoxy groups -OCH3 is 1. The molecule has 1 unspecified atom stereocenters. The van der Waals surface area contributed by atoms with Crippen LogP contribution in [0.1, 0.15) is 42.8 Å². The van der Waals surface area contributed by atoms with Gasteiger partial charge in [0, 0.05) is 6.04 Å². The summed E-state index contributed by atoms with van der Waals surface area (Å²) in [4.78, 5) is 0. The molecule has 1 N–H and O–H groups in total. The lowest BCUT2D eigenvalue weighted by Gasteiger charge is -2.18. The van der Waals surface area contributed by atoms with Gasteiger partial charge in [-0.2, -0.15) is 5.10 Å². The van der Waals surface area contributed by atoms with E-state index in [9.17, 15) is 9.50 Å². The standard InChI is InChI=1S/C15H19FN2O2/c1-9(2)18-14(13(20-4)8-17-18)15(19)11-5-10(3)6-12(16)7-11/h5-9,15,19H,1-4H3. The number of rotatable bonds is 4. The molecule has 1 aromatic carbocycles. The summed E-state index contributed by atoms with van der Waals surface area (Å²) in [7, 11) is 1.52. The van der Waals surface area contributed by atoms with E-state index in [2.05, 4.69) is 5.10 Å². The Hall–Kier alpha value is -1.88. The Bertz CT molecular complexity index is 588. The zero-order valence-electron chi connectivity index (χ0n) is 12.1. The highest BCUT2D eigenvalue weighted by Gasteiger charge is 2.23. The van der Waals surface area contributed by atoms with E-state index in [-0.39, 0.29) is 11.9 Å². The first-order chi connectivity index (χ1) is 9.43. The van der Waals surface area contributed by atoms with Crippen molar-refractivity contribution < 1.29 is 14.2 Å². The first-order valence-corrected chi connectivity index (χ1v) is 6.50. The fraction of sp³-hybridized carbons (Fsp3) is 0.400. The number of nitrogens with zero attached hydrogens (tertiary/aromatic N) is 2. The second kappa shape index (κ2) is 5.63. The van der Waals surface area contributed by atoms with E-state index in [1.165, 1.54) is 19.2 Å². The lowest BCUT2D eigenvalue weighted by molar-refractivity contribution is 0.199. The predicted octanol–water partition coefficient (Wildman–Crippen LogP) is 3.00. The Labute approximate surface area is 117 Å². The zero-order chi connectivity index (χ0) is 14.9. The summed E-state index contributed by atoms with van der Waals surface area (Å²) in [6.45, 7) is 5.70. The van der Waals surface area contributed by atoms with E-state index in [1.54, 1.807) is 23.9 Å². The molecule has 0 amide bonds. The van der Waals surface area contributed by atoms with Gasteiger partial charge in [-0.25, -0.2) is 4.39 Å². The molecule has 2 aromatic rings. The van der Waals surface area contributed by atoms with Crippen LogP contribution in [0.15, 0.2) is 24.4 Å². The molecule has 1 heterocycles. The average molecular weight is 278 g/mol. The van der Waals surface area contributed by atoms with Gasteiger partial charge in [0.2, 0.25) is 0 Å². The van der Waals surface area contributed by atoms with Gasteiger partial charge >= 0.3 is 0 Å². The number of aliphatic hydroxyl groups excluding tert-OH is 1. The number of aromatic nitrogens is 2. The minimum absolute atomic E-state index is 0.0678. The number of hydrogen-bond donors (Lipinski definition) is 1. The molecule has 0 bridgehead atoms. The van der Waals surface area contributed by atoms with Crippen LogP contribution in [0.2, 0.25) is 0 Å². The van der Waals surface area contributed by atoms with Crippen molar-refractivity contribution in [1.29, 1.82) is 0 Å². The van der Waals surface area contributed by atoms with Crippen LogP contribution < -0.4 is 4.74 Å². The minimum Gasteiger partial charge on any atom is -0.493 e. The van der Waals surface area contributed by atoms with Gasteiger partial charge in [0.25, 0.3) is 0 Å². The smallest absolute Gasteiger partial charge is 0.163 e. The fourth-order valence-electron chi connectivity index (χ4n) is 2.27. The van der Waals surface area contributed by atoms with Gasteiger partial charge in [-0.3, -0.25) is 4.68 Å². The van der Waals surface area contributed by atoms with Crippen molar-refractivity contribution in [3.8, 4) is 5.75 Å². The van der Waals surface area contributed by atoms with Gasteiger partial charge < -0.3 is 9.84 Å². The van der Waals surface area contributed by atoms with Crippen molar-refractivity contribution in [2.75, 3.05) is 7.11 Å². The molecule has 0 saturated carbocycles. The van der Waals surface area contributed by atoms with Crippen LogP contribution in [-0.4, -0.2) is 22.0 Å². The zero-order valence-corrected chi connectivity index (χ0v) is 12.1. The Morgan fingerprint density at radius 3 is 2.55 bits per heavy atom. The summed E-state index contributed by atoms with van der Waals surface area (Å²) in [6.07, 6.45) is 0.578. The van der Waals surface area contributed by atoms with E-state index in [4.69, 9.17) is 4.74 Å². The third-order valence-electron chi connectivity index (χ3n) is 3.15. The Balaban J connectivity index is 2.51. The SMILES string of the molecule is COc1cnn(C(C)C)c1C(O)c1cc(C)cc(F)c1. The second-order valence-electron chi connectivity index (χ2n) is 5.10. The largest absolute Gasteiger partial charge is 0.493 e. The van der Waals surface area contributed by atoms with E-state index in [0.29, 0.717) is 17.0 Å². The quantitative estimate of drug-likeness (QED) is 0.935. The lowest BCUT2D eigenvalue weighted by atomic mass is 10.0. The Kier molecular flexibility index (Phi) is 4.09. The first-order valence-electron chi connectivity index (χ1n) is 6.50. The molecule has 1 aromatic heterocycles. The van der Waals surface area contributed by atoms with Gasteiger partial charge in [0.15, 0.2) is 5.75 Å². The van der Waals surface area contributed by atoms with Crippen molar-refractivity contribution in [2.45, 2.75) is 32.9 Å². The molecule has 20 heavy (non-hydrogen) atoms. The third kappa shape index (κ3) is 2.67. The fourth-order valence-corrected chi connectivity index (χ4v) is 2.27. The number of ether oxygens (including phenoxy) is 1. The number of halogens is 1. The highest BCUT2D eigenvalue weighted by atomic mass is 19.1. The van der Waals surface area contributed by atoms with E-state index in [1.807, 2.05) is 13.8 Å². The predicted molar refractivity (Wildman–Crippen MR) is 74.4 cm³/mol. The summed E-state index contributed by atoms with van der Waals surface area (Å²) in [6, 6.07) is 4.57. The van der Waals surface area contributed by atoms with Crippen molar-refractivity contribution in [3.05, 3.63) is 47.0 Å². The first kappa shape index (κ1) is 14.5. The molecule has 2 rings (SSSR count). The molecule has 0 spiro atoms. The maximum atomic E-state index is 13.5. The highest BCUT2D eigenvalue weighted by molar-refractivity contribution is 5.36. The molecule has 0 saturated heterocycles.